The highest BCUT2D eigenvalue weighted by molar-refractivity contribution is 7.55. The van der Waals surface area contributed by atoms with E-state index in [1.165, 1.54) is 32.9 Å². The van der Waals surface area contributed by atoms with Crippen LogP contribution in [0, 0.1) is 13.8 Å². The van der Waals surface area contributed by atoms with Gasteiger partial charge in [-0.05, 0) is 48.8 Å². The van der Waals surface area contributed by atoms with Crippen LogP contribution in [-0.2, 0) is 16.7 Å². The number of nitrogens with one attached hydrogen (secondary N) is 1. The van der Waals surface area contributed by atoms with Crippen LogP contribution >= 0.6 is 8.58 Å². The van der Waals surface area contributed by atoms with Crippen molar-refractivity contribution >= 4 is 19.2 Å². The summed E-state index contributed by atoms with van der Waals surface area (Å²) < 4.78 is 11.3. The predicted octanol–water partition coefficient (Wildman–Crippen LogP) is 3.93. The van der Waals surface area contributed by atoms with Gasteiger partial charge in [0.25, 0.3) is 0 Å². The Morgan fingerprint density at radius 2 is 1.73 bits per heavy atom. The molecule has 2 rings (SSSR count). The average molecular weight is 373 g/mol. The van der Waals surface area contributed by atoms with Crippen LogP contribution in [-0.4, -0.2) is 21.0 Å². The fraction of sp³-hybridized carbons (Fsp3) is 0.455. The van der Waals surface area contributed by atoms with E-state index in [4.69, 9.17) is 9.47 Å². The molecule has 0 saturated carbocycles. The first-order chi connectivity index (χ1) is 12.3. The Kier molecular flexibility index (Phi) is 7.23. The minimum absolute atomic E-state index is 0.00933. The van der Waals surface area contributed by atoms with Gasteiger partial charge in [-0.3, -0.25) is 0 Å². The number of hydrogen-bond acceptors (Lipinski definition) is 3. The van der Waals surface area contributed by atoms with Crippen molar-refractivity contribution in [1.29, 1.82) is 0 Å². The lowest BCUT2D eigenvalue weighted by atomic mass is 9.85. The van der Waals surface area contributed by atoms with Gasteiger partial charge in [0.15, 0.2) is 6.79 Å². The summed E-state index contributed by atoms with van der Waals surface area (Å²) in [6.07, 6.45) is 0. The van der Waals surface area contributed by atoms with Gasteiger partial charge in [-0.2, -0.15) is 0 Å². The third-order valence-corrected chi connectivity index (χ3v) is 5.66. The Hall–Kier alpha value is -1.41. The van der Waals surface area contributed by atoms with Crippen LogP contribution < -0.4 is 20.7 Å². The van der Waals surface area contributed by atoms with Crippen molar-refractivity contribution in [2.75, 3.05) is 21.0 Å². The summed E-state index contributed by atoms with van der Waals surface area (Å²) in [6.45, 7) is 12.1. The van der Waals surface area contributed by atoms with Crippen LogP contribution in [0.2, 0.25) is 0 Å². The maximum atomic E-state index is 6.06. The highest BCUT2D eigenvalue weighted by Crippen LogP contribution is 2.34. The molecule has 1 atom stereocenters. The number of methoxy groups -OCH3 is 1. The molecule has 4 heteroatoms. The standard InChI is InChI=1S/C22H32NO2P/c1-15-8-9-19(17(10-15)13-23-6)26-20-12-16(2)11-18(22(3,4)5)21(20)25-14-24-7/h8-12,23,26H,13-14H2,1-7H3. The predicted molar refractivity (Wildman–Crippen MR) is 114 cm³/mol. The SMILES string of the molecule is CNCc1cc(C)ccc1Pc1cc(C)cc(C(C)(C)C)c1OCOC. The second-order valence-corrected chi connectivity index (χ2v) is 9.13. The molecule has 0 amide bonds. The summed E-state index contributed by atoms with van der Waals surface area (Å²) in [5, 5.41) is 5.89. The van der Waals surface area contributed by atoms with Gasteiger partial charge in [0.1, 0.15) is 5.75 Å². The molecule has 0 aromatic heterocycles. The van der Waals surface area contributed by atoms with E-state index in [2.05, 4.69) is 70.3 Å². The molecule has 0 aliphatic carbocycles. The Morgan fingerprint density at radius 1 is 1.00 bits per heavy atom. The number of hydrogen-bond donors (Lipinski definition) is 1. The minimum atomic E-state index is 0.00933. The van der Waals surface area contributed by atoms with Crippen LogP contribution in [0.15, 0.2) is 30.3 Å². The van der Waals surface area contributed by atoms with Crippen LogP contribution in [0.3, 0.4) is 0 Å². The van der Waals surface area contributed by atoms with E-state index < -0.39 is 0 Å². The van der Waals surface area contributed by atoms with E-state index in [-0.39, 0.29) is 12.2 Å². The molecule has 0 saturated heterocycles. The maximum Gasteiger partial charge on any atom is 0.188 e. The van der Waals surface area contributed by atoms with Crippen molar-refractivity contribution in [2.24, 2.45) is 0 Å². The number of benzene rings is 2. The number of aryl methyl sites for hydroxylation is 2. The Morgan fingerprint density at radius 3 is 2.35 bits per heavy atom. The van der Waals surface area contributed by atoms with E-state index in [1.807, 2.05) is 7.05 Å². The van der Waals surface area contributed by atoms with E-state index in [0.717, 1.165) is 12.3 Å². The molecule has 2 aromatic carbocycles. The van der Waals surface area contributed by atoms with E-state index >= 15 is 0 Å². The third-order valence-electron chi connectivity index (χ3n) is 4.26. The lowest BCUT2D eigenvalue weighted by molar-refractivity contribution is 0.0506. The minimum Gasteiger partial charge on any atom is -0.467 e. The molecule has 0 heterocycles. The molecule has 26 heavy (non-hydrogen) atoms. The molecule has 142 valence electrons. The van der Waals surface area contributed by atoms with Crippen molar-refractivity contribution in [3.8, 4) is 5.75 Å². The molecule has 1 N–H and O–H groups in total. The molecule has 3 nitrogen and oxygen atoms in total. The van der Waals surface area contributed by atoms with Gasteiger partial charge >= 0.3 is 0 Å². The summed E-state index contributed by atoms with van der Waals surface area (Å²) >= 11 is 0. The van der Waals surface area contributed by atoms with Crippen LogP contribution in [0.1, 0.15) is 43.0 Å². The highest BCUT2D eigenvalue weighted by atomic mass is 31.1. The van der Waals surface area contributed by atoms with Crippen molar-refractivity contribution in [1.82, 2.24) is 5.32 Å². The van der Waals surface area contributed by atoms with Crippen LogP contribution in [0.5, 0.6) is 5.75 Å². The molecule has 2 aromatic rings. The zero-order valence-corrected chi connectivity index (χ0v) is 18.1. The summed E-state index contributed by atoms with van der Waals surface area (Å²) in [4.78, 5) is 0. The molecule has 0 bridgehead atoms. The second kappa shape index (κ2) is 8.99. The van der Waals surface area contributed by atoms with Crippen molar-refractivity contribution < 1.29 is 9.47 Å². The third kappa shape index (κ3) is 5.30. The van der Waals surface area contributed by atoms with E-state index in [1.54, 1.807) is 7.11 Å². The molecule has 1 unspecified atom stereocenters. The Labute approximate surface area is 160 Å². The smallest absolute Gasteiger partial charge is 0.188 e. The van der Waals surface area contributed by atoms with Crippen LogP contribution in [0.4, 0.5) is 0 Å². The normalized spacial score (nSPS) is 12.1. The number of ether oxygens (including phenoxy) is 2. The molecule has 0 aliphatic heterocycles. The van der Waals surface area contributed by atoms with Gasteiger partial charge in [0.05, 0.1) is 0 Å². The first kappa shape index (κ1) is 20.9. The van der Waals surface area contributed by atoms with Crippen LogP contribution in [0.25, 0.3) is 0 Å². The zero-order valence-electron chi connectivity index (χ0n) is 17.1. The van der Waals surface area contributed by atoms with E-state index in [9.17, 15) is 0 Å². The fourth-order valence-corrected chi connectivity index (χ4v) is 4.42. The van der Waals surface area contributed by atoms with Crippen molar-refractivity contribution in [3.05, 3.63) is 52.6 Å². The largest absolute Gasteiger partial charge is 0.467 e. The summed E-state index contributed by atoms with van der Waals surface area (Å²) in [6, 6.07) is 11.2. The molecular formula is C22H32NO2P. The summed E-state index contributed by atoms with van der Waals surface area (Å²) in [5.74, 6) is 0.972. The Bertz CT molecular complexity index is 751. The first-order valence-electron chi connectivity index (χ1n) is 9.04. The summed E-state index contributed by atoms with van der Waals surface area (Å²) in [7, 11) is 4.20. The molecule has 0 fully saturated rings. The number of rotatable bonds is 7. The van der Waals surface area contributed by atoms with E-state index in [0.29, 0.717) is 8.58 Å². The molecule has 0 aliphatic rings. The lowest BCUT2D eigenvalue weighted by Gasteiger charge is -2.26. The lowest BCUT2D eigenvalue weighted by Crippen LogP contribution is -2.21. The maximum absolute atomic E-state index is 6.06. The topological polar surface area (TPSA) is 30.5 Å². The average Bonchev–Trinajstić information content (AvgIpc) is 2.55. The van der Waals surface area contributed by atoms with Gasteiger partial charge in [0.2, 0.25) is 0 Å². The second-order valence-electron chi connectivity index (χ2n) is 7.81. The Balaban J connectivity index is 2.53. The molecule has 0 radical (unpaired) electrons. The van der Waals surface area contributed by atoms with Crippen molar-refractivity contribution in [3.63, 3.8) is 0 Å². The van der Waals surface area contributed by atoms with Gasteiger partial charge < -0.3 is 14.8 Å². The quantitative estimate of drug-likeness (QED) is 0.589. The monoisotopic (exact) mass is 373 g/mol. The fourth-order valence-electron chi connectivity index (χ4n) is 3.02. The summed E-state index contributed by atoms with van der Waals surface area (Å²) in [5.41, 5.74) is 5.15. The molecular weight excluding hydrogens is 341 g/mol. The highest BCUT2D eigenvalue weighted by Gasteiger charge is 2.23. The van der Waals surface area contributed by atoms with Gasteiger partial charge in [-0.1, -0.05) is 59.2 Å². The van der Waals surface area contributed by atoms with Gasteiger partial charge in [0, 0.05) is 24.5 Å². The van der Waals surface area contributed by atoms with Crippen molar-refractivity contribution in [2.45, 2.75) is 46.6 Å². The van der Waals surface area contributed by atoms with Gasteiger partial charge in [-0.25, -0.2) is 0 Å². The first-order valence-corrected chi connectivity index (χ1v) is 10.0. The zero-order chi connectivity index (χ0) is 19.3. The molecule has 0 spiro atoms. The van der Waals surface area contributed by atoms with Gasteiger partial charge in [-0.15, -0.1) is 0 Å².